The van der Waals surface area contributed by atoms with Gasteiger partial charge in [-0.2, -0.15) is 0 Å². The summed E-state index contributed by atoms with van der Waals surface area (Å²) in [5, 5.41) is -0.341. The highest BCUT2D eigenvalue weighted by atomic mass is 32.2. The molecule has 0 saturated carbocycles. The summed E-state index contributed by atoms with van der Waals surface area (Å²) in [7, 11) is -1.51. The summed E-state index contributed by atoms with van der Waals surface area (Å²) < 4.78 is 19.5. The smallest absolute Gasteiger partial charge is 0.422 e. The highest BCUT2D eigenvalue weighted by Crippen LogP contribution is 2.30. The van der Waals surface area contributed by atoms with Gasteiger partial charge in [0, 0.05) is 0 Å². The number of nitrogens with zero attached hydrogens (tertiary/aromatic N) is 1. The molecule has 1 heterocycles. The van der Waals surface area contributed by atoms with Gasteiger partial charge in [-0.3, -0.25) is 0 Å². The second kappa shape index (κ2) is 7.45. The molecule has 124 valence electrons. The van der Waals surface area contributed by atoms with E-state index in [0.29, 0.717) is 0 Å². The molecule has 1 amide bonds. The van der Waals surface area contributed by atoms with Crippen LogP contribution in [-0.4, -0.2) is 20.6 Å². The number of carbonyl (C=O) groups is 1. The van der Waals surface area contributed by atoms with Gasteiger partial charge in [0.15, 0.2) is 0 Å². The van der Waals surface area contributed by atoms with E-state index in [2.05, 4.69) is 0 Å². The first-order valence-electron chi connectivity index (χ1n) is 7.80. The molecule has 0 spiro atoms. The third-order valence-corrected chi connectivity index (χ3v) is 5.59. The Hall–Kier alpha value is -2.40. The third kappa shape index (κ3) is 3.57. The van der Waals surface area contributed by atoms with Crippen LogP contribution >= 0.6 is 0 Å². The van der Waals surface area contributed by atoms with Crippen molar-refractivity contribution in [3.63, 3.8) is 0 Å². The summed E-state index contributed by atoms with van der Waals surface area (Å²) in [4.78, 5) is 12.4. The van der Waals surface area contributed by atoms with Gasteiger partial charge in [-0.1, -0.05) is 72.8 Å². The van der Waals surface area contributed by atoms with E-state index in [0.717, 1.165) is 11.1 Å². The standard InChI is InChI=1S/C19H19NO3S/c1-15-12-13-18(17-10-6-3-7-11-17)24(22)20(15)19(21)23-14-16-8-4-2-5-9-16/h2-13,15,18H,14H2,1H3/t15-,18-,24-/m1/s1. The molecule has 2 aromatic carbocycles. The SMILES string of the molecule is C[C@@H]1C=C[C@H](c2ccccc2)[S@@](=O)N1C(=O)OCc1ccccc1. The molecule has 2 aromatic rings. The molecule has 0 radical (unpaired) electrons. The molecule has 0 N–H and O–H groups in total. The fraction of sp³-hybridized carbons (Fsp3) is 0.211. The Kier molecular flexibility index (Phi) is 5.11. The molecule has 3 rings (SSSR count). The highest BCUT2D eigenvalue weighted by Gasteiger charge is 2.34. The van der Waals surface area contributed by atoms with Crippen LogP contribution in [0.15, 0.2) is 72.8 Å². The lowest BCUT2D eigenvalue weighted by Crippen LogP contribution is -2.43. The van der Waals surface area contributed by atoms with E-state index in [1.54, 1.807) is 0 Å². The summed E-state index contributed by atoms with van der Waals surface area (Å²) in [5.74, 6) is 0. The lowest BCUT2D eigenvalue weighted by molar-refractivity contribution is 0.116. The molecule has 3 atom stereocenters. The Balaban J connectivity index is 1.73. The predicted octanol–water partition coefficient (Wildman–Crippen LogP) is 3.99. The van der Waals surface area contributed by atoms with Gasteiger partial charge < -0.3 is 4.74 Å². The maximum absolute atomic E-state index is 12.9. The number of amides is 1. The van der Waals surface area contributed by atoms with Gasteiger partial charge in [0.2, 0.25) is 0 Å². The Labute approximate surface area is 144 Å². The molecule has 0 aromatic heterocycles. The maximum Gasteiger partial charge on any atom is 0.422 e. The lowest BCUT2D eigenvalue weighted by Gasteiger charge is -2.32. The number of benzene rings is 2. The second-order valence-electron chi connectivity index (χ2n) is 5.60. The van der Waals surface area contributed by atoms with Crippen LogP contribution in [0.2, 0.25) is 0 Å². The zero-order valence-electron chi connectivity index (χ0n) is 13.4. The summed E-state index contributed by atoms with van der Waals surface area (Å²) >= 11 is 0. The van der Waals surface area contributed by atoms with Crippen LogP contribution < -0.4 is 0 Å². The van der Waals surface area contributed by atoms with Crippen LogP contribution in [0.1, 0.15) is 23.3 Å². The first-order chi connectivity index (χ1) is 11.7. The number of hydrogen-bond acceptors (Lipinski definition) is 3. The van der Waals surface area contributed by atoms with Crippen LogP contribution in [0.4, 0.5) is 4.79 Å². The molecule has 0 saturated heterocycles. The zero-order valence-corrected chi connectivity index (χ0v) is 14.2. The van der Waals surface area contributed by atoms with E-state index in [1.165, 1.54) is 4.31 Å². The Morgan fingerprint density at radius 3 is 2.33 bits per heavy atom. The average Bonchev–Trinajstić information content (AvgIpc) is 2.62. The Morgan fingerprint density at radius 1 is 1.04 bits per heavy atom. The summed E-state index contributed by atoms with van der Waals surface area (Å²) in [5.41, 5.74) is 1.82. The van der Waals surface area contributed by atoms with Crippen molar-refractivity contribution in [3.05, 3.63) is 83.9 Å². The minimum absolute atomic E-state index is 0.166. The van der Waals surface area contributed by atoms with Crippen molar-refractivity contribution in [1.29, 1.82) is 0 Å². The molecule has 24 heavy (non-hydrogen) atoms. The van der Waals surface area contributed by atoms with E-state index in [-0.39, 0.29) is 17.9 Å². The van der Waals surface area contributed by atoms with Gasteiger partial charge in [-0.15, -0.1) is 0 Å². The normalized spacial score (nSPS) is 23.0. The quantitative estimate of drug-likeness (QED) is 0.793. The fourth-order valence-electron chi connectivity index (χ4n) is 2.59. The van der Waals surface area contributed by atoms with Crippen molar-refractivity contribution < 1.29 is 13.7 Å². The first-order valence-corrected chi connectivity index (χ1v) is 8.97. The molecule has 0 bridgehead atoms. The Morgan fingerprint density at radius 2 is 1.67 bits per heavy atom. The number of ether oxygens (including phenoxy) is 1. The van der Waals surface area contributed by atoms with E-state index >= 15 is 0 Å². The molecular weight excluding hydrogens is 322 g/mol. The van der Waals surface area contributed by atoms with E-state index in [1.807, 2.05) is 79.7 Å². The molecular formula is C19H19NO3S. The Bertz CT molecular complexity index is 746. The minimum Gasteiger partial charge on any atom is -0.444 e. The fourth-order valence-corrected chi connectivity index (χ4v) is 4.04. The van der Waals surface area contributed by atoms with Crippen LogP contribution in [0.3, 0.4) is 0 Å². The summed E-state index contributed by atoms with van der Waals surface area (Å²) in [6.45, 7) is 2.00. The van der Waals surface area contributed by atoms with Crippen molar-refractivity contribution in [2.75, 3.05) is 0 Å². The number of rotatable bonds is 3. The topological polar surface area (TPSA) is 46.6 Å². The van der Waals surface area contributed by atoms with Gasteiger partial charge >= 0.3 is 6.09 Å². The van der Waals surface area contributed by atoms with Gasteiger partial charge in [-0.05, 0) is 18.1 Å². The van der Waals surface area contributed by atoms with Crippen molar-refractivity contribution in [3.8, 4) is 0 Å². The monoisotopic (exact) mass is 341 g/mol. The summed E-state index contributed by atoms with van der Waals surface area (Å²) in [6.07, 6.45) is 3.23. The van der Waals surface area contributed by atoms with Crippen molar-refractivity contribution in [1.82, 2.24) is 4.31 Å². The number of carbonyl (C=O) groups excluding carboxylic acids is 1. The minimum atomic E-state index is -1.51. The van der Waals surface area contributed by atoms with Crippen LogP contribution in [0, 0.1) is 0 Å². The van der Waals surface area contributed by atoms with Crippen LogP contribution in [-0.2, 0) is 22.3 Å². The van der Waals surface area contributed by atoms with Crippen molar-refractivity contribution >= 4 is 17.1 Å². The van der Waals surface area contributed by atoms with Crippen molar-refractivity contribution in [2.45, 2.75) is 24.8 Å². The zero-order chi connectivity index (χ0) is 16.9. The molecule has 4 nitrogen and oxygen atoms in total. The van der Waals surface area contributed by atoms with Crippen LogP contribution in [0.5, 0.6) is 0 Å². The van der Waals surface area contributed by atoms with Gasteiger partial charge in [0.1, 0.15) is 17.6 Å². The average molecular weight is 341 g/mol. The van der Waals surface area contributed by atoms with E-state index in [4.69, 9.17) is 4.74 Å². The largest absolute Gasteiger partial charge is 0.444 e. The molecule has 1 aliphatic heterocycles. The van der Waals surface area contributed by atoms with Gasteiger partial charge in [-0.25, -0.2) is 13.3 Å². The second-order valence-corrected chi connectivity index (χ2v) is 7.05. The van der Waals surface area contributed by atoms with Crippen LogP contribution in [0.25, 0.3) is 0 Å². The molecule has 0 fully saturated rings. The summed E-state index contributed by atoms with van der Waals surface area (Å²) in [6, 6.07) is 18.7. The third-order valence-electron chi connectivity index (χ3n) is 3.86. The molecule has 0 unspecified atom stereocenters. The number of hydrogen-bond donors (Lipinski definition) is 0. The first kappa shape index (κ1) is 16.5. The van der Waals surface area contributed by atoms with Gasteiger partial charge in [0.05, 0.1) is 11.3 Å². The predicted molar refractivity (Wildman–Crippen MR) is 94.4 cm³/mol. The highest BCUT2D eigenvalue weighted by molar-refractivity contribution is 7.83. The van der Waals surface area contributed by atoms with Gasteiger partial charge in [0.25, 0.3) is 0 Å². The van der Waals surface area contributed by atoms with Crippen molar-refractivity contribution in [2.24, 2.45) is 0 Å². The lowest BCUT2D eigenvalue weighted by atomic mass is 10.1. The molecule has 5 heteroatoms. The van der Waals surface area contributed by atoms with E-state index in [9.17, 15) is 9.00 Å². The maximum atomic E-state index is 12.9. The molecule has 0 aliphatic carbocycles. The molecule has 1 aliphatic rings. The van der Waals surface area contributed by atoms with E-state index < -0.39 is 17.1 Å².